The van der Waals surface area contributed by atoms with Crippen LogP contribution in [0.3, 0.4) is 0 Å². The zero-order valence-electron chi connectivity index (χ0n) is 18.6. The number of nitrogens with two attached hydrogens (primary N) is 1. The van der Waals surface area contributed by atoms with Crippen LogP contribution in [0.2, 0.25) is 0 Å². The first-order valence-corrected chi connectivity index (χ1v) is 12.3. The molecule has 0 aliphatic heterocycles. The van der Waals surface area contributed by atoms with Crippen LogP contribution in [0.5, 0.6) is 0 Å². The average Bonchev–Trinajstić information content (AvgIpc) is 2.79. The first-order valence-electron chi connectivity index (χ1n) is 10.3. The summed E-state index contributed by atoms with van der Waals surface area (Å²) in [6, 6.07) is 4.34. The average molecular weight is 501 g/mol. The fraction of sp³-hybridized carbons (Fsp3) is 0.524. The molecule has 0 aromatic heterocycles. The Morgan fingerprint density at radius 3 is 2.06 bits per heavy atom. The molecule has 184 valence electrons. The molecule has 1 rings (SSSR count). The molecule has 33 heavy (non-hydrogen) atoms. The van der Waals surface area contributed by atoms with Crippen molar-refractivity contribution in [1.82, 2.24) is 16.0 Å². The van der Waals surface area contributed by atoms with Gasteiger partial charge in [0.1, 0.15) is 24.2 Å². The van der Waals surface area contributed by atoms with Gasteiger partial charge in [-0.1, -0.05) is 30.3 Å². The fourth-order valence-corrected chi connectivity index (χ4v) is 3.51. The number of thioether (sulfide) groups is 1. The molecule has 0 bridgehead atoms. The molecule has 12 heteroatoms. The van der Waals surface area contributed by atoms with E-state index in [1.807, 2.05) is 6.26 Å². The van der Waals surface area contributed by atoms with E-state index in [2.05, 4.69) is 28.6 Å². The minimum absolute atomic E-state index is 0.0880. The highest BCUT2D eigenvalue weighted by atomic mass is 32.2. The highest BCUT2D eigenvalue weighted by molar-refractivity contribution is 7.98. The summed E-state index contributed by atoms with van der Waals surface area (Å²) >= 11 is 5.54. The molecule has 0 spiro atoms. The number of aliphatic hydroxyl groups excluding tert-OH is 1. The van der Waals surface area contributed by atoms with Gasteiger partial charge in [-0.05, 0) is 30.9 Å². The van der Waals surface area contributed by atoms with E-state index < -0.39 is 54.0 Å². The number of rotatable bonds is 14. The Kier molecular flexibility index (Phi) is 12.9. The Morgan fingerprint density at radius 1 is 1.00 bits per heavy atom. The van der Waals surface area contributed by atoms with Crippen LogP contribution in [0.25, 0.3) is 0 Å². The topological polar surface area (TPSA) is 171 Å². The molecule has 3 amide bonds. The second-order valence-electron chi connectivity index (χ2n) is 7.44. The standard InChI is InChI=1S/C21H32N4O6S2/c1-12(26)17(22)20(29)25-16(11-32)19(28)24-15(10-13-6-4-3-5-7-13)18(27)23-14(21(30)31)8-9-33-2/h3-7,12,14-17,26,32H,8-11,22H2,1-2H3,(H,23,27)(H,24,28)(H,25,29)(H,30,31). The molecule has 0 fully saturated rings. The van der Waals surface area contributed by atoms with E-state index in [1.54, 1.807) is 30.3 Å². The van der Waals surface area contributed by atoms with Crippen LogP contribution in [-0.4, -0.2) is 81.9 Å². The lowest BCUT2D eigenvalue weighted by Crippen LogP contribution is -2.59. The molecule has 10 nitrogen and oxygen atoms in total. The Balaban J connectivity index is 3.00. The molecule has 0 heterocycles. The van der Waals surface area contributed by atoms with Crippen molar-refractivity contribution < 1.29 is 29.4 Å². The summed E-state index contributed by atoms with van der Waals surface area (Å²) in [5, 5.41) is 26.4. The van der Waals surface area contributed by atoms with Crippen molar-refractivity contribution in [3.63, 3.8) is 0 Å². The van der Waals surface area contributed by atoms with Gasteiger partial charge in [0.25, 0.3) is 0 Å². The zero-order valence-corrected chi connectivity index (χ0v) is 20.3. The van der Waals surface area contributed by atoms with Crippen LogP contribution in [0, 0.1) is 0 Å². The molecule has 1 aromatic carbocycles. The number of thiol groups is 1. The van der Waals surface area contributed by atoms with Crippen molar-refractivity contribution in [2.24, 2.45) is 5.73 Å². The maximum Gasteiger partial charge on any atom is 0.326 e. The highest BCUT2D eigenvalue weighted by Gasteiger charge is 2.30. The third-order valence-corrected chi connectivity index (χ3v) is 5.79. The smallest absolute Gasteiger partial charge is 0.326 e. The molecule has 7 N–H and O–H groups in total. The van der Waals surface area contributed by atoms with Gasteiger partial charge in [0, 0.05) is 12.2 Å². The molecule has 0 aliphatic carbocycles. The molecular weight excluding hydrogens is 468 g/mol. The van der Waals surface area contributed by atoms with Crippen molar-refractivity contribution in [2.45, 2.75) is 50.0 Å². The van der Waals surface area contributed by atoms with Crippen molar-refractivity contribution in [3.8, 4) is 0 Å². The second-order valence-corrected chi connectivity index (χ2v) is 8.79. The van der Waals surface area contributed by atoms with Gasteiger partial charge in [-0.15, -0.1) is 0 Å². The van der Waals surface area contributed by atoms with Crippen LogP contribution in [0.15, 0.2) is 30.3 Å². The summed E-state index contributed by atoms with van der Waals surface area (Å²) in [4.78, 5) is 49.4. The largest absolute Gasteiger partial charge is 0.480 e. The van der Waals surface area contributed by atoms with Crippen molar-refractivity contribution in [2.75, 3.05) is 17.8 Å². The lowest BCUT2D eigenvalue weighted by atomic mass is 10.0. The van der Waals surface area contributed by atoms with Crippen molar-refractivity contribution in [1.29, 1.82) is 0 Å². The summed E-state index contributed by atoms with van der Waals surface area (Å²) in [5.74, 6) is -2.82. The van der Waals surface area contributed by atoms with E-state index in [9.17, 15) is 29.4 Å². The first kappa shape index (κ1) is 28.8. The summed E-state index contributed by atoms with van der Waals surface area (Å²) < 4.78 is 0. The van der Waals surface area contributed by atoms with E-state index in [0.717, 1.165) is 5.56 Å². The predicted octanol–water partition coefficient (Wildman–Crippen LogP) is -0.841. The van der Waals surface area contributed by atoms with Crippen molar-refractivity contribution >= 4 is 48.1 Å². The number of amides is 3. The van der Waals surface area contributed by atoms with Gasteiger partial charge in [-0.25, -0.2) is 4.79 Å². The number of carbonyl (C=O) groups is 4. The molecule has 5 atom stereocenters. The van der Waals surface area contributed by atoms with Gasteiger partial charge in [0.05, 0.1) is 6.10 Å². The minimum atomic E-state index is -1.24. The van der Waals surface area contributed by atoms with Crippen LogP contribution in [-0.2, 0) is 25.6 Å². The number of aliphatic carboxylic acids is 1. The lowest BCUT2D eigenvalue weighted by Gasteiger charge is -2.25. The third kappa shape index (κ3) is 10.0. The fourth-order valence-electron chi connectivity index (χ4n) is 2.78. The Morgan fingerprint density at radius 2 is 1.55 bits per heavy atom. The quantitative estimate of drug-likeness (QED) is 0.162. The van der Waals surface area contributed by atoms with Crippen LogP contribution in [0.1, 0.15) is 18.9 Å². The number of carboxylic acids is 1. The van der Waals surface area contributed by atoms with Crippen LogP contribution >= 0.6 is 24.4 Å². The summed E-state index contributed by atoms with van der Waals surface area (Å²) in [7, 11) is 0. The molecule has 5 unspecified atom stereocenters. The maximum atomic E-state index is 12.9. The van der Waals surface area contributed by atoms with E-state index in [1.165, 1.54) is 18.7 Å². The predicted molar refractivity (Wildman–Crippen MR) is 130 cm³/mol. The van der Waals surface area contributed by atoms with E-state index >= 15 is 0 Å². The molecule has 0 saturated carbocycles. The maximum absolute atomic E-state index is 12.9. The summed E-state index contributed by atoms with van der Waals surface area (Å²) in [5.41, 5.74) is 6.34. The third-order valence-electron chi connectivity index (χ3n) is 4.78. The van der Waals surface area contributed by atoms with Crippen LogP contribution < -0.4 is 21.7 Å². The molecule has 0 radical (unpaired) electrons. The van der Waals surface area contributed by atoms with E-state index in [-0.39, 0.29) is 18.6 Å². The molecule has 0 saturated heterocycles. The normalized spacial score (nSPS) is 15.4. The Labute approximate surface area is 202 Å². The van der Waals surface area contributed by atoms with Crippen LogP contribution in [0.4, 0.5) is 0 Å². The van der Waals surface area contributed by atoms with Crippen molar-refractivity contribution in [3.05, 3.63) is 35.9 Å². The Bertz CT molecular complexity index is 796. The number of hydrogen-bond donors (Lipinski definition) is 7. The van der Waals surface area contributed by atoms with E-state index in [0.29, 0.717) is 5.75 Å². The second kappa shape index (κ2) is 14.8. The number of benzene rings is 1. The number of hydrogen-bond acceptors (Lipinski definition) is 8. The van der Waals surface area contributed by atoms with Gasteiger partial charge in [-0.2, -0.15) is 24.4 Å². The number of nitrogens with one attached hydrogen (secondary N) is 3. The lowest BCUT2D eigenvalue weighted by molar-refractivity contribution is -0.142. The van der Waals surface area contributed by atoms with Gasteiger partial charge in [-0.3, -0.25) is 14.4 Å². The minimum Gasteiger partial charge on any atom is -0.480 e. The number of aliphatic hydroxyl groups is 1. The molecule has 0 aliphatic rings. The Hall–Kier alpha value is -2.28. The summed E-state index contributed by atoms with van der Waals surface area (Å²) in [6.45, 7) is 1.34. The summed E-state index contributed by atoms with van der Waals surface area (Å²) in [6.07, 6.45) is 1.03. The molecular formula is C21H32N4O6S2. The number of carbonyl (C=O) groups excluding carboxylic acids is 3. The zero-order chi connectivity index (χ0) is 25.0. The molecule has 1 aromatic rings. The van der Waals surface area contributed by atoms with Gasteiger partial charge in [0.2, 0.25) is 17.7 Å². The van der Waals surface area contributed by atoms with Gasteiger partial charge < -0.3 is 31.9 Å². The highest BCUT2D eigenvalue weighted by Crippen LogP contribution is 2.07. The first-order chi connectivity index (χ1) is 15.6. The van der Waals surface area contributed by atoms with E-state index in [4.69, 9.17) is 5.73 Å². The SMILES string of the molecule is CSCCC(NC(=O)C(Cc1ccccc1)NC(=O)C(CS)NC(=O)C(N)C(C)O)C(=O)O. The number of carboxylic acid groups (broad SMARTS) is 1. The monoisotopic (exact) mass is 500 g/mol. The van der Waals surface area contributed by atoms with Gasteiger partial charge in [0.15, 0.2) is 0 Å². The van der Waals surface area contributed by atoms with Gasteiger partial charge >= 0.3 is 5.97 Å².